The van der Waals surface area contributed by atoms with Crippen molar-refractivity contribution in [2.24, 2.45) is 29.6 Å². The average molecular weight is 388 g/mol. The summed E-state index contributed by atoms with van der Waals surface area (Å²) in [5, 5.41) is 4.81. The van der Waals surface area contributed by atoms with E-state index in [9.17, 15) is 0 Å². The Morgan fingerprint density at radius 1 is 0.895 bits per heavy atom. The molecule has 0 bridgehead atoms. The van der Waals surface area contributed by atoms with Gasteiger partial charge in [-0.25, -0.2) is 0 Å². The van der Waals surface area contributed by atoms with Gasteiger partial charge in [0.05, 0.1) is 0 Å². The van der Waals surface area contributed by atoms with Crippen molar-refractivity contribution in [3.05, 3.63) is 12.7 Å². The first-order chi connectivity index (χ1) is 8.15. The van der Waals surface area contributed by atoms with E-state index in [1.54, 1.807) is 0 Å². The first kappa shape index (κ1) is 22.7. The molecule has 0 amide bonds. The van der Waals surface area contributed by atoms with Crippen LogP contribution in [-0.4, -0.2) is 12.1 Å². The normalized spacial score (nSPS) is 33.8. The minimum atomic E-state index is -0.826. The van der Waals surface area contributed by atoms with Gasteiger partial charge in [0.15, 0.2) is 0 Å². The van der Waals surface area contributed by atoms with E-state index in [4.69, 9.17) is 22.3 Å². The monoisotopic (exact) mass is 385 g/mol. The van der Waals surface area contributed by atoms with Crippen LogP contribution in [-0.2, 0) is 20.8 Å². The maximum atomic E-state index is 4.93. The molecule has 0 N–H and O–H groups in total. The second-order valence-corrected chi connectivity index (χ2v) is 10.4. The fraction of sp³-hybridized carbons (Fsp3) is 0.933. The van der Waals surface area contributed by atoms with Gasteiger partial charge in [-0.15, -0.1) is 12.1 Å². The van der Waals surface area contributed by atoms with E-state index in [1.807, 2.05) is 0 Å². The molecule has 1 aliphatic carbocycles. The van der Waals surface area contributed by atoms with E-state index in [1.165, 1.54) is 0 Å². The molecule has 0 aromatic heterocycles. The molecule has 0 saturated heterocycles. The fourth-order valence-corrected chi connectivity index (χ4v) is 2.93. The molecule has 4 heteroatoms. The number of nitrogens with zero attached hydrogens (tertiary/aromatic N) is 1. The molecule has 0 aliphatic heterocycles. The van der Waals surface area contributed by atoms with E-state index in [0.717, 1.165) is 36.1 Å². The molecular weight excluding hydrogens is 356 g/mol. The Hall–Kier alpha value is 1.42. The Bertz CT molecular complexity index is 217. The molecule has 4 unspecified atom stereocenters. The molecule has 19 heavy (non-hydrogen) atoms. The Labute approximate surface area is 140 Å². The Morgan fingerprint density at radius 3 is 1.47 bits per heavy atom. The molecule has 1 rings (SSSR count). The second kappa shape index (κ2) is 10.2. The zero-order chi connectivity index (χ0) is 14.5. The van der Waals surface area contributed by atoms with Crippen LogP contribution >= 0.6 is 17.0 Å². The standard InChI is InChI=1S/C14H28N.CH3.2ClH.Zr/c1-9-10(2)12(4)13(11(9)3)8-15-14(5,6)7;;;;/h9-13H,8H2,1-7H3;1H3;2*1H;/q2*-1;;;+4/p-2. The summed E-state index contributed by atoms with van der Waals surface area (Å²) in [5.74, 6) is 4.19. The van der Waals surface area contributed by atoms with E-state index in [-0.39, 0.29) is 13.0 Å². The minimum absolute atomic E-state index is 0. The van der Waals surface area contributed by atoms with Gasteiger partial charge in [-0.3, -0.25) is 0 Å². The topological polar surface area (TPSA) is 14.1 Å². The molecule has 0 radical (unpaired) electrons. The molecule has 0 spiro atoms. The average Bonchev–Trinajstić information content (AvgIpc) is 2.42. The third-order valence-corrected chi connectivity index (χ3v) is 4.62. The van der Waals surface area contributed by atoms with Crippen molar-refractivity contribution in [1.29, 1.82) is 0 Å². The van der Waals surface area contributed by atoms with Crippen LogP contribution in [0.15, 0.2) is 0 Å². The number of hydrogen-bond acceptors (Lipinski definition) is 0. The molecular formula is C15H31Cl2NZr. The number of halogens is 2. The zero-order valence-corrected chi connectivity index (χ0v) is 17.8. The van der Waals surface area contributed by atoms with Gasteiger partial charge in [-0.2, -0.15) is 0 Å². The van der Waals surface area contributed by atoms with Gasteiger partial charge in [-0.1, -0.05) is 54.4 Å². The first-order valence-corrected chi connectivity index (χ1v) is 13.1. The molecule has 114 valence electrons. The predicted octanol–water partition coefficient (Wildman–Crippen LogP) is 6.16. The van der Waals surface area contributed by atoms with Crippen LogP contribution in [0.25, 0.3) is 5.32 Å². The number of hydrogen-bond donors (Lipinski definition) is 0. The fourth-order valence-electron chi connectivity index (χ4n) is 2.93. The van der Waals surface area contributed by atoms with Crippen LogP contribution in [0.5, 0.6) is 0 Å². The third-order valence-electron chi connectivity index (χ3n) is 4.62. The van der Waals surface area contributed by atoms with Crippen LogP contribution in [0.2, 0.25) is 0 Å². The predicted molar refractivity (Wildman–Crippen MR) is 86.2 cm³/mol. The summed E-state index contributed by atoms with van der Waals surface area (Å²) in [6.45, 7) is 17.3. The Kier molecular flexibility index (Phi) is 12.2. The molecule has 0 aromatic rings. The van der Waals surface area contributed by atoms with Crippen LogP contribution in [0, 0.1) is 37.0 Å². The summed E-state index contributed by atoms with van der Waals surface area (Å²) in [5.41, 5.74) is 0.133. The maximum absolute atomic E-state index is 4.93. The molecule has 0 heterocycles. The van der Waals surface area contributed by atoms with E-state index >= 15 is 0 Å². The van der Waals surface area contributed by atoms with E-state index in [2.05, 4.69) is 48.5 Å². The van der Waals surface area contributed by atoms with Crippen molar-refractivity contribution in [2.75, 3.05) is 6.54 Å². The quantitative estimate of drug-likeness (QED) is 0.504. The summed E-state index contributed by atoms with van der Waals surface area (Å²) < 4.78 is 0. The van der Waals surface area contributed by atoms with Crippen LogP contribution in [0.1, 0.15) is 48.5 Å². The number of rotatable bonds is 2. The van der Waals surface area contributed by atoms with Crippen molar-refractivity contribution in [3.63, 3.8) is 0 Å². The van der Waals surface area contributed by atoms with Gasteiger partial charge in [0, 0.05) is 0 Å². The third kappa shape index (κ3) is 7.84. The summed E-state index contributed by atoms with van der Waals surface area (Å²) in [7, 11) is 9.87. The van der Waals surface area contributed by atoms with Gasteiger partial charge in [0.2, 0.25) is 0 Å². The van der Waals surface area contributed by atoms with Crippen molar-refractivity contribution in [1.82, 2.24) is 0 Å². The second-order valence-electron chi connectivity index (χ2n) is 6.68. The van der Waals surface area contributed by atoms with Crippen molar-refractivity contribution in [3.8, 4) is 0 Å². The van der Waals surface area contributed by atoms with Crippen molar-refractivity contribution >= 4 is 17.0 Å². The van der Waals surface area contributed by atoms with Gasteiger partial charge >= 0.3 is 37.9 Å². The van der Waals surface area contributed by atoms with Crippen LogP contribution < -0.4 is 0 Å². The van der Waals surface area contributed by atoms with E-state index in [0.29, 0.717) is 0 Å². The summed E-state index contributed by atoms with van der Waals surface area (Å²) in [6.07, 6.45) is 0. The molecule has 1 fully saturated rings. The summed E-state index contributed by atoms with van der Waals surface area (Å²) >= 11 is -0.826. The van der Waals surface area contributed by atoms with Gasteiger partial charge < -0.3 is 12.7 Å². The molecule has 1 saturated carbocycles. The summed E-state index contributed by atoms with van der Waals surface area (Å²) in [6, 6.07) is 0. The Balaban J connectivity index is 0. The van der Waals surface area contributed by atoms with Crippen LogP contribution in [0.3, 0.4) is 0 Å². The van der Waals surface area contributed by atoms with Gasteiger partial charge in [-0.05, 0) is 23.7 Å². The zero-order valence-electron chi connectivity index (χ0n) is 13.8. The summed E-state index contributed by atoms with van der Waals surface area (Å²) in [4.78, 5) is 0. The SMILES string of the molecule is CC1C(C)C(C)C(C[N-]C(C)(C)C)C1C.[CH3-].[Cl][Zr+2][Cl]. The molecule has 1 nitrogen and oxygen atoms in total. The molecule has 4 atom stereocenters. The van der Waals surface area contributed by atoms with Crippen LogP contribution in [0.4, 0.5) is 0 Å². The molecule has 0 aromatic carbocycles. The van der Waals surface area contributed by atoms with Crippen molar-refractivity contribution in [2.45, 2.75) is 54.0 Å². The van der Waals surface area contributed by atoms with Crippen molar-refractivity contribution < 1.29 is 20.8 Å². The first-order valence-electron chi connectivity index (χ1n) is 6.80. The van der Waals surface area contributed by atoms with E-state index < -0.39 is 20.8 Å². The Morgan fingerprint density at radius 2 is 1.21 bits per heavy atom. The van der Waals surface area contributed by atoms with Gasteiger partial charge in [0.1, 0.15) is 0 Å². The molecule has 1 aliphatic rings. The van der Waals surface area contributed by atoms with Gasteiger partial charge in [0.25, 0.3) is 0 Å².